The monoisotopic (exact) mass is 438 g/mol. The number of hydrogen-bond acceptors (Lipinski definition) is 3. The summed E-state index contributed by atoms with van der Waals surface area (Å²) in [5.74, 6) is -2.07. The van der Waals surface area contributed by atoms with Crippen molar-refractivity contribution in [3.05, 3.63) is 50.1 Å². The fourth-order valence-electron chi connectivity index (χ4n) is 2.00. The molecule has 7 heteroatoms. The van der Waals surface area contributed by atoms with Crippen LogP contribution in [0.2, 0.25) is 5.02 Å². The van der Waals surface area contributed by atoms with Crippen LogP contribution in [0.1, 0.15) is 10.4 Å². The Bertz CT molecular complexity index is 750. The minimum Gasteiger partial charge on any atom is -0.496 e. The fraction of sp³-hybridized carbons (Fsp3) is 0.133. The van der Waals surface area contributed by atoms with Crippen molar-refractivity contribution in [3.8, 4) is 16.9 Å². The Kier molecular flexibility index (Phi) is 5.23. The minimum absolute atomic E-state index is 0.00541. The predicted octanol–water partition coefficient (Wildman–Crippen LogP) is 4.69. The van der Waals surface area contributed by atoms with Crippen molar-refractivity contribution >= 4 is 40.2 Å². The number of methoxy groups -OCH3 is 2. The number of hydrogen-bond donors (Lipinski definition) is 0. The fourth-order valence-corrected chi connectivity index (χ4v) is 2.93. The number of rotatable bonds is 3. The van der Waals surface area contributed by atoms with Gasteiger partial charge in [-0.15, -0.1) is 0 Å². The second-order valence-electron chi connectivity index (χ2n) is 4.22. The quantitative estimate of drug-likeness (QED) is 0.396. The molecule has 0 aliphatic rings. The lowest BCUT2D eigenvalue weighted by molar-refractivity contribution is 0.0599. The smallest absolute Gasteiger partial charge is 0.339 e. The number of benzene rings is 2. The van der Waals surface area contributed by atoms with Gasteiger partial charge in [0.1, 0.15) is 17.4 Å². The largest absolute Gasteiger partial charge is 0.496 e. The molecule has 0 atom stereocenters. The van der Waals surface area contributed by atoms with E-state index >= 15 is 0 Å². The second-order valence-corrected chi connectivity index (χ2v) is 5.70. The zero-order valence-corrected chi connectivity index (χ0v) is 14.5. The predicted molar refractivity (Wildman–Crippen MR) is 87.4 cm³/mol. The average molecular weight is 439 g/mol. The van der Waals surface area contributed by atoms with Crippen LogP contribution >= 0.6 is 34.2 Å². The van der Waals surface area contributed by atoms with Crippen molar-refractivity contribution in [3.63, 3.8) is 0 Å². The van der Waals surface area contributed by atoms with Gasteiger partial charge in [-0.3, -0.25) is 0 Å². The van der Waals surface area contributed by atoms with Crippen molar-refractivity contribution < 1.29 is 23.0 Å². The molecule has 22 heavy (non-hydrogen) atoms. The zero-order valence-electron chi connectivity index (χ0n) is 11.5. The molecule has 2 aromatic rings. The van der Waals surface area contributed by atoms with Gasteiger partial charge in [-0.05, 0) is 40.8 Å². The van der Waals surface area contributed by atoms with E-state index in [2.05, 4.69) is 4.74 Å². The number of carbonyl (C=O) groups excluding carboxylic acids is 1. The number of ether oxygens (including phenoxy) is 2. The third-order valence-corrected chi connectivity index (χ3v) is 4.36. The van der Waals surface area contributed by atoms with Crippen molar-refractivity contribution in [2.45, 2.75) is 0 Å². The summed E-state index contributed by atoms with van der Waals surface area (Å²) in [5, 5.41) is -0.110. The van der Waals surface area contributed by atoms with Crippen LogP contribution in [0.15, 0.2) is 24.3 Å². The molecule has 0 saturated carbocycles. The maximum absolute atomic E-state index is 14.7. The summed E-state index contributed by atoms with van der Waals surface area (Å²) in [6.45, 7) is 0. The zero-order chi connectivity index (χ0) is 16.4. The lowest BCUT2D eigenvalue weighted by Gasteiger charge is -2.14. The molecule has 0 unspecified atom stereocenters. The summed E-state index contributed by atoms with van der Waals surface area (Å²) in [4.78, 5) is 11.6. The van der Waals surface area contributed by atoms with Crippen LogP contribution in [-0.4, -0.2) is 20.2 Å². The van der Waals surface area contributed by atoms with Crippen molar-refractivity contribution in [1.29, 1.82) is 0 Å². The summed E-state index contributed by atoms with van der Waals surface area (Å²) in [6.07, 6.45) is 0. The van der Waals surface area contributed by atoms with Gasteiger partial charge in [0, 0.05) is 5.56 Å². The summed E-state index contributed by atoms with van der Waals surface area (Å²) >= 11 is 7.72. The Hall–Kier alpha value is -1.41. The van der Waals surface area contributed by atoms with E-state index in [-0.39, 0.29) is 31.0 Å². The lowest BCUT2D eigenvalue weighted by Crippen LogP contribution is -2.07. The highest BCUT2D eigenvalue weighted by atomic mass is 127. The Morgan fingerprint density at radius 3 is 2.50 bits per heavy atom. The number of halogens is 4. The van der Waals surface area contributed by atoms with Crippen LogP contribution < -0.4 is 4.74 Å². The summed E-state index contributed by atoms with van der Waals surface area (Å²) in [5.41, 5.74) is -0.278. The molecule has 0 bridgehead atoms. The van der Waals surface area contributed by atoms with Gasteiger partial charge in [-0.1, -0.05) is 17.7 Å². The Balaban J connectivity index is 2.79. The van der Waals surface area contributed by atoms with E-state index in [0.717, 1.165) is 0 Å². The van der Waals surface area contributed by atoms with Gasteiger partial charge < -0.3 is 9.47 Å². The summed E-state index contributed by atoms with van der Waals surface area (Å²) < 4.78 is 38.5. The number of carbonyl (C=O) groups is 1. The van der Waals surface area contributed by atoms with E-state index in [1.54, 1.807) is 22.6 Å². The molecule has 0 aliphatic carbocycles. The first kappa shape index (κ1) is 17.0. The molecular weight excluding hydrogens is 429 g/mol. The molecule has 3 nitrogen and oxygen atoms in total. The standard InChI is InChI=1S/C15H10ClF2IO3/c1-21-10-5-3-4-9(17)12(10)11-8(16)6-7(15(20)22-2)14(19)13(11)18/h3-6H,1-2H3. The normalized spacial score (nSPS) is 10.5. The van der Waals surface area contributed by atoms with Gasteiger partial charge in [0.05, 0.1) is 33.9 Å². The second kappa shape index (κ2) is 6.78. The first-order valence-electron chi connectivity index (χ1n) is 6.01. The van der Waals surface area contributed by atoms with Crippen LogP contribution in [0.3, 0.4) is 0 Å². The number of esters is 1. The Morgan fingerprint density at radius 1 is 1.23 bits per heavy atom. The summed E-state index contributed by atoms with van der Waals surface area (Å²) in [6, 6.07) is 5.36. The highest BCUT2D eigenvalue weighted by Crippen LogP contribution is 2.41. The molecular formula is C15H10ClF2IO3. The van der Waals surface area contributed by atoms with Crippen LogP contribution in [0.5, 0.6) is 5.75 Å². The van der Waals surface area contributed by atoms with E-state index in [0.29, 0.717) is 0 Å². The van der Waals surface area contributed by atoms with E-state index in [1.165, 1.54) is 38.5 Å². The van der Waals surface area contributed by atoms with Crippen molar-refractivity contribution in [1.82, 2.24) is 0 Å². The highest BCUT2D eigenvalue weighted by molar-refractivity contribution is 14.1. The van der Waals surface area contributed by atoms with Gasteiger partial charge in [0.15, 0.2) is 0 Å². The molecule has 116 valence electrons. The molecule has 0 spiro atoms. The minimum atomic E-state index is -0.808. The van der Waals surface area contributed by atoms with E-state index in [4.69, 9.17) is 16.3 Å². The summed E-state index contributed by atoms with van der Waals surface area (Å²) in [7, 11) is 2.52. The molecule has 0 heterocycles. The van der Waals surface area contributed by atoms with Crippen LogP contribution in [0.4, 0.5) is 8.78 Å². The molecule has 0 aliphatic heterocycles. The van der Waals surface area contributed by atoms with Crippen LogP contribution in [-0.2, 0) is 4.74 Å². The third kappa shape index (κ3) is 2.89. The Labute approximate surface area is 144 Å². The van der Waals surface area contributed by atoms with Crippen LogP contribution in [0, 0.1) is 15.2 Å². The van der Waals surface area contributed by atoms with E-state index < -0.39 is 17.6 Å². The maximum atomic E-state index is 14.7. The van der Waals surface area contributed by atoms with Crippen molar-refractivity contribution in [2.24, 2.45) is 0 Å². The first-order valence-corrected chi connectivity index (χ1v) is 7.46. The van der Waals surface area contributed by atoms with Gasteiger partial charge >= 0.3 is 5.97 Å². The molecule has 2 rings (SSSR count). The molecule has 0 fully saturated rings. The molecule has 0 amide bonds. The van der Waals surface area contributed by atoms with Gasteiger partial charge in [-0.2, -0.15) is 0 Å². The highest BCUT2D eigenvalue weighted by Gasteiger charge is 2.25. The Morgan fingerprint density at radius 2 is 1.91 bits per heavy atom. The maximum Gasteiger partial charge on any atom is 0.339 e. The molecule has 0 aromatic heterocycles. The SMILES string of the molecule is COC(=O)c1cc(Cl)c(-c2c(F)cccc2OC)c(F)c1I. The van der Waals surface area contributed by atoms with Crippen LogP contribution in [0.25, 0.3) is 11.1 Å². The lowest BCUT2D eigenvalue weighted by atomic mass is 10.0. The average Bonchev–Trinajstić information content (AvgIpc) is 2.51. The van der Waals surface area contributed by atoms with Gasteiger partial charge in [0.2, 0.25) is 0 Å². The van der Waals surface area contributed by atoms with E-state index in [9.17, 15) is 13.6 Å². The van der Waals surface area contributed by atoms with E-state index in [1.807, 2.05) is 0 Å². The first-order chi connectivity index (χ1) is 10.4. The molecule has 0 radical (unpaired) electrons. The van der Waals surface area contributed by atoms with Crippen molar-refractivity contribution in [2.75, 3.05) is 14.2 Å². The van der Waals surface area contributed by atoms with Gasteiger partial charge in [0.25, 0.3) is 0 Å². The topological polar surface area (TPSA) is 35.5 Å². The van der Waals surface area contributed by atoms with Gasteiger partial charge in [-0.25, -0.2) is 13.6 Å². The molecule has 2 aromatic carbocycles. The molecule has 0 N–H and O–H groups in total. The third-order valence-electron chi connectivity index (χ3n) is 3.01. The molecule has 0 saturated heterocycles.